The molecule has 2 amide bonds. The summed E-state index contributed by atoms with van der Waals surface area (Å²) in [5.41, 5.74) is 1.15. The lowest BCUT2D eigenvalue weighted by Crippen LogP contribution is -2.37. The van der Waals surface area contributed by atoms with Gasteiger partial charge in [-0.05, 0) is 43.0 Å². The Kier molecular flexibility index (Phi) is 4.05. The van der Waals surface area contributed by atoms with E-state index >= 15 is 0 Å². The number of carbonyl (C=O) groups excluding carboxylic acids is 2. The molecule has 0 bridgehead atoms. The van der Waals surface area contributed by atoms with Gasteiger partial charge in [0.15, 0.2) is 0 Å². The minimum absolute atomic E-state index is 0.0745. The number of amides is 2. The van der Waals surface area contributed by atoms with Crippen molar-refractivity contribution in [3.05, 3.63) is 28.2 Å². The molecular weight excluding hydrogens is 318 g/mol. The van der Waals surface area contributed by atoms with Gasteiger partial charge in [-0.2, -0.15) is 0 Å². The first-order valence-corrected chi connectivity index (χ1v) is 7.76. The molecule has 0 N–H and O–H groups in total. The van der Waals surface area contributed by atoms with E-state index in [0.717, 1.165) is 22.1 Å². The van der Waals surface area contributed by atoms with Gasteiger partial charge in [0.25, 0.3) is 0 Å². The lowest BCUT2D eigenvalue weighted by atomic mass is 9.78. The maximum absolute atomic E-state index is 12.7. The molecule has 20 heavy (non-hydrogen) atoms. The average Bonchev–Trinajstić information content (AvgIpc) is 2.62. The molecule has 1 saturated heterocycles. The van der Waals surface area contributed by atoms with Crippen molar-refractivity contribution in [3.63, 3.8) is 0 Å². The number of nitrogens with zero attached hydrogens (tertiary/aromatic N) is 1. The first-order chi connectivity index (χ1) is 9.31. The third-order valence-corrected chi connectivity index (χ3v) is 4.89. The largest absolute Gasteiger partial charge is 0.274 e. The van der Waals surface area contributed by atoms with E-state index in [9.17, 15) is 9.59 Å². The van der Waals surface area contributed by atoms with E-state index in [1.54, 1.807) is 0 Å². The standard InChI is InChI=1S/C16H20BrNO2/c1-5-11-8-12(17)6-7-13(11)18-14(19)9-16(4,10(2)3)15(18)20/h6-8,10H,5,9H2,1-4H3. The minimum Gasteiger partial charge on any atom is -0.274 e. The van der Waals surface area contributed by atoms with Crippen LogP contribution in [0.3, 0.4) is 0 Å². The van der Waals surface area contributed by atoms with Crippen LogP contribution in [0.1, 0.15) is 39.7 Å². The maximum Gasteiger partial charge on any atom is 0.240 e. The summed E-state index contributed by atoms with van der Waals surface area (Å²) in [6.45, 7) is 7.91. The second-order valence-electron chi connectivity index (χ2n) is 5.91. The third-order valence-electron chi connectivity index (χ3n) is 4.40. The van der Waals surface area contributed by atoms with Crippen LogP contribution >= 0.6 is 15.9 Å². The molecule has 0 aliphatic carbocycles. The van der Waals surface area contributed by atoms with Crippen molar-refractivity contribution in [2.75, 3.05) is 4.90 Å². The van der Waals surface area contributed by atoms with E-state index < -0.39 is 5.41 Å². The molecule has 108 valence electrons. The molecule has 1 aliphatic heterocycles. The lowest BCUT2D eigenvalue weighted by Gasteiger charge is -2.26. The summed E-state index contributed by atoms with van der Waals surface area (Å²) in [7, 11) is 0. The van der Waals surface area contributed by atoms with Crippen molar-refractivity contribution in [2.45, 2.75) is 40.5 Å². The highest BCUT2D eigenvalue weighted by atomic mass is 79.9. The van der Waals surface area contributed by atoms with Crippen molar-refractivity contribution in [3.8, 4) is 0 Å². The van der Waals surface area contributed by atoms with E-state index in [1.165, 1.54) is 4.90 Å². The zero-order valence-electron chi connectivity index (χ0n) is 12.4. The molecule has 3 nitrogen and oxygen atoms in total. The van der Waals surface area contributed by atoms with E-state index in [4.69, 9.17) is 0 Å². The highest BCUT2D eigenvalue weighted by Crippen LogP contribution is 2.42. The number of carbonyl (C=O) groups is 2. The molecule has 1 aliphatic rings. The van der Waals surface area contributed by atoms with Gasteiger partial charge in [-0.15, -0.1) is 0 Å². The monoisotopic (exact) mass is 337 g/mol. The molecule has 1 fully saturated rings. The van der Waals surface area contributed by atoms with Gasteiger partial charge in [-0.25, -0.2) is 4.90 Å². The zero-order chi connectivity index (χ0) is 15.1. The molecule has 2 rings (SSSR count). The Morgan fingerprint density at radius 3 is 2.50 bits per heavy atom. The fourth-order valence-corrected chi connectivity index (χ4v) is 3.00. The molecule has 0 aromatic heterocycles. The molecule has 0 saturated carbocycles. The zero-order valence-corrected chi connectivity index (χ0v) is 14.0. The highest BCUT2D eigenvalue weighted by Gasteiger charge is 2.50. The smallest absolute Gasteiger partial charge is 0.240 e. The van der Waals surface area contributed by atoms with Crippen LogP contribution in [0.25, 0.3) is 0 Å². The van der Waals surface area contributed by atoms with Crippen LogP contribution in [-0.2, 0) is 16.0 Å². The minimum atomic E-state index is -0.588. The predicted molar refractivity (Wildman–Crippen MR) is 83.6 cm³/mol. The van der Waals surface area contributed by atoms with Crippen LogP contribution in [0.5, 0.6) is 0 Å². The molecule has 4 heteroatoms. The Balaban J connectivity index is 2.49. The summed E-state index contributed by atoms with van der Waals surface area (Å²) in [6.07, 6.45) is 1.08. The van der Waals surface area contributed by atoms with E-state index in [-0.39, 0.29) is 17.7 Å². The van der Waals surface area contributed by atoms with E-state index in [0.29, 0.717) is 6.42 Å². The Bertz CT molecular complexity index is 568. The van der Waals surface area contributed by atoms with Crippen LogP contribution < -0.4 is 4.90 Å². The molecule has 0 spiro atoms. The molecule has 1 aromatic carbocycles. The van der Waals surface area contributed by atoms with Gasteiger partial charge in [0.2, 0.25) is 11.8 Å². The quantitative estimate of drug-likeness (QED) is 0.783. The second kappa shape index (κ2) is 5.32. The number of hydrogen-bond donors (Lipinski definition) is 0. The van der Waals surface area contributed by atoms with Gasteiger partial charge in [-0.3, -0.25) is 9.59 Å². The van der Waals surface area contributed by atoms with Crippen LogP contribution in [0.2, 0.25) is 0 Å². The van der Waals surface area contributed by atoms with Crippen molar-refractivity contribution in [2.24, 2.45) is 11.3 Å². The van der Waals surface area contributed by atoms with Crippen LogP contribution in [0.4, 0.5) is 5.69 Å². The maximum atomic E-state index is 12.7. The van der Waals surface area contributed by atoms with Gasteiger partial charge < -0.3 is 0 Å². The second-order valence-corrected chi connectivity index (χ2v) is 6.83. The van der Waals surface area contributed by atoms with Crippen molar-refractivity contribution < 1.29 is 9.59 Å². The molecule has 1 aromatic rings. The summed E-state index contributed by atoms with van der Waals surface area (Å²) in [6, 6.07) is 5.70. The summed E-state index contributed by atoms with van der Waals surface area (Å²) < 4.78 is 0.962. The SMILES string of the molecule is CCc1cc(Br)ccc1N1C(=O)CC(C)(C(C)C)C1=O. The van der Waals surface area contributed by atoms with E-state index in [1.807, 2.05) is 45.9 Å². The Labute approximate surface area is 128 Å². The first kappa shape index (κ1) is 15.2. The van der Waals surface area contributed by atoms with E-state index in [2.05, 4.69) is 15.9 Å². The molecule has 1 atom stereocenters. The van der Waals surface area contributed by atoms with Gasteiger partial charge in [0.05, 0.1) is 11.1 Å². The van der Waals surface area contributed by atoms with Crippen LogP contribution in [-0.4, -0.2) is 11.8 Å². The first-order valence-electron chi connectivity index (χ1n) is 6.97. The lowest BCUT2D eigenvalue weighted by molar-refractivity contribution is -0.126. The number of hydrogen-bond acceptors (Lipinski definition) is 2. The normalized spacial score (nSPS) is 23.0. The molecule has 1 heterocycles. The number of anilines is 1. The van der Waals surface area contributed by atoms with Gasteiger partial charge in [-0.1, -0.05) is 36.7 Å². The fraction of sp³-hybridized carbons (Fsp3) is 0.500. The number of halogens is 1. The van der Waals surface area contributed by atoms with Gasteiger partial charge in [0.1, 0.15) is 0 Å². The number of imide groups is 1. The third kappa shape index (κ3) is 2.30. The Morgan fingerprint density at radius 1 is 1.35 bits per heavy atom. The van der Waals surface area contributed by atoms with Crippen molar-refractivity contribution >= 4 is 33.4 Å². The molecular formula is C16H20BrNO2. The average molecular weight is 338 g/mol. The fourth-order valence-electron chi connectivity index (χ4n) is 2.59. The number of aryl methyl sites for hydroxylation is 1. The highest BCUT2D eigenvalue weighted by molar-refractivity contribution is 9.10. The summed E-state index contributed by atoms with van der Waals surface area (Å²) >= 11 is 3.43. The number of benzene rings is 1. The Hall–Kier alpha value is -1.16. The van der Waals surface area contributed by atoms with Gasteiger partial charge in [0, 0.05) is 10.9 Å². The van der Waals surface area contributed by atoms with Gasteiger partial charge >= 0.3 is 0 Å². The summed E-state index contributed by atoms with van der Waals surface area (Å²) in [5.74, 6) is -0.0257. The summed E-state index contributed by atoms with van der Waals surface area (Å²) in [4.78, 5) is 26.5. The summed E-state index contributed by atoms with van der Waals surface area (Å²) in [5, 5.41) is 0. The topological polar surface area (TPSA) is 37.4 Å². The Morgan fingerprint density at radius 2 is 2.00 bits per heavy atom. The van der Waals surface area contributed by atoms with Crippen LogP contribution in [0.15, 0.2) is 22.7 Å². The molecule has 0 radical (unpaired) electrons. The van der Waals surface area contributed by atoms with Crippen molar-refractivity contribution in [1.29, 1.82) is 0 Å². The van der Waals surface area contributed by atoms with Crippen LogP contribution in [0, 0.1) is 11.3 Å². The van der Waals surface area contributed by atoms with Crippen molar-refractivity contribution in [1.82, 2.24) is 0 Å². The predicted octanol–water partition coefficient (Wildman–Crippen LogP) is 3.94. The molecule has 1 unspecified atom stereocenters. The number of rotatable bonds is 3.